The molecule has 2 aromatic rings. The average Bonchev–Trinajstić information content (AvgIpc) is 2.32. The number of pyridine rings is 1. The van der Waals surface area contributed by atoms with Crippen LogP contribution in [0.15, 0.2) is 42.7 Å². The van der Waals surface area contributed by atoms with E-state index in [9.17, 15) is 14.5 Å². The highest BCUT2D eigenvalue weighted by molar-refractivity contribution is 5.61. The molecule has 5 nitrogen and oxygen atoms in total. The molecule has 0 atom stereocenters. The molecule has 0 aliphatic heterocycles. The fourth-order valence-corrected chi connectivity index (χ4v) is 1.33. The Hall–Kier alpha value is -2.50. The lowest BCUT2D eigenvalue weighted by Crippen LogP contribution is -1.95. The number of halogens is 1. The summed E-state index contributed by atoms with van der Waals surface area (Å²) < 4.78 is 13.1. The van der Waals surface area contributed by atoms with Crippen molar-refractivity contribution in [1.29, 1.82) is 0 Å². The summed E-state index contributed by atoms with van der Waals surface area (Å²) in [5, 5.41) is 13.5. The van der Waals surface area contributed by atoms with Gasteiger partial charge in [-0.05, 0) is 24.3 Å². The smallest absolute Gasteiger partial charge is 0.306 e. The predicted molar refractivity (Wildman–Crippen MR) is 60.6 cm³/mol. The highest BCUT2D eigenvalue weighted by atomic mass is 19.1. The van der Waals surface area contributed by atoms with Gasteiger partial charge in [0.1, 0.15) is 0 Å². The van der Waals surface area contributed by atoms with Crippen molar-refractivity contribution in [3.05, 3.63) is 58.7 Å². The molecule has 86 valence electrons. The van der Waals surface area contributed by atoms with E-state index < -0.39 is 16.4 Å². The molecule has 6 heteroatoms. The Bertz CT molecular complexity index is 546. The summed E-state index contributed by atoms with van der Waals surface area (Å²) in [4.78, 5) is 13.6. The van der Waals surface area contributed by atoms with Crippen LogP contribution in [-0.2, 0) is 0 Å². The number of nitrogens with zero attached hydrogens (tertiary/aromatic N) is 2. The standard InChI is InChI=1S/C11H8FN3O2/c12-10-2-1-9(7-11(10)15(16)17)14-8-3-5-13-6-4-8/h1-7H,(H,13,14). The number of benzene rings is 1. The Morgan fingerprint density at radius 3 is 2.53 bits per heavy atom. The molecular formula is C11H8FN3O2. The SMILES string of the molecule is O=[N+]([O-])c1cc(Nc2ccncc2)ccc1F. The van der Waals surface area contributed by atoms with Crippen LogP contribution in [-0.4, -0.2) is 9.91 Å². The van der Waals surface area contributed by atoms with Gasteiger partial charge in [-0.15, -0.1) is 0 Å². The quantitative estimate of drug-likeness (QED) is 0.653. The summed E-state index contributed by atoms with van der Waals surface area (Å²) in [6.07, 6.45) is 3.17. The third-order valence-electron chi connectivity index (χ3n) is 2.11. The molecule has 0 unspecified atom stereocenters. The van der Waals surface area contributed by atoms with Crippen molar-refractivity contribution in [2.24, 2.45) is 0 Å². The molecule has 0 amide bonds. The summed E-state index contributed by atoms with van der Waals surface area (Å²) in [6, 6.07) is 7.05. The van der Waals surface area contributed by atoms with Crippen molar-refractivity contribution in [3.63, 3.8) is 0 Å². The van der Waals surface area contributed by atoms with Gasteiger partial charge in [0.2, 0.25) is 5.82 Å². The molecule has 1 aromatic heterocycles. The number of nitro benzene ring substituents is 1. The molecule has 0 fully saturated rings. The molecule has 1 N–H and O–H groups in total. The van der Waals surface area contributed by atoms with Crippen LogP contribution in [0.3, 0.4) is 0 Å². The van der Waals surface area contributed by atoms with Gasteiger partial charge in [-0.1, -0.05) is 0 Å². The minimum absolute atomic E-state index is 0.448. The Morgan fingerprint density at radius 2 is 1.88 bits per heavy atom. The van der Waals surface area contributed by atoms with Crippen molar-refractivity contribution in [2.75, 3.05) is 5.32 Å². The molecule has 0 aliphatic rings. The number of nitro groups is 1. The molecule has 0 radical (unpaired) electrons. The molecule has 1 heterocycles. The predicted octanol–water partition coefficient (Wildman–Crippen LogP) is 2.87. The van der Waals surface area contributed by atoms with Crippen molar-refractivity contribution in [2.45, 2.75) is 0 Å². The van der Waals surface area contributed by atoms with Crippen LogP contribution >= 0.6 is 0 Å². The summed E-state index contributed by atoms with van der Waals surface area (Å²) in [5.74, 6) is -0.852. The number of nitrogens with one attached hydrogen (secondary N) is 1. The van der Waals surface area contributed by atoms with Crippen molar-refractivity contribution in [1.82, 2.24) is 4.98 Å². The highest BCUT2D eigenvalue weighted by Crippen LogP contribution is 2.23. The molecular weight excluding hydrogens is 225 g/mol. The van der Waals surface area contributed by atoms with E-state index in [1.807, 2.05) is 0 Å². The number of aromatic nitrogens is 1. The fourth-order valence-electron chi connectivity index (χ4n) is 1.33. The van der Waals surface area contributed by atoms with E-state index in [0.29, 0.717) is 5.69 Å². The molecule has 0 spiro atoms. The van der Waals surface area contributed by atoms with Gasteiger partial charge in [0.05, 0.1) is 4.92 Å². The summed E-state index contributed by atoms with van der Waals surface area (Å²) in [6.45, 7) is 0. The Morgan fingerprint density at radius 1 is 1.18 bits per heavy atom. The van der Waals surface area contributed by atoms with E-state index in [4.69, 9.17) is 0 Å². The lowest BCUT2D eigenvalue weighted by atomic mass is 10.2. The van der Waals surface area contributed by atoms with Gasteiger partial charge in [-0.3, -0.25) is 15.1 Å². The first kappa shape index (κ1) is 11.0. The maximum Gasteiger partial charge on any atom is 0.306 e. The first-order valence-corrected chi connectivity index (χ1v) is 4.78. The van der Waals surface area contributed by atoms with E-state index >= 15 is 0 Å². The number of rotatable bonds is 3. The van der Waals surface area contributed by atoms with Gasteiger partial charge in [-0.25, -0.2) is 0 Å². The molecule has 1 aromatic carbocycles. The van der Waals surface area contributed by atoms with Crippen LogP contribution in [0.4, 0.5) is 21.5 Å². The van der Waals surface area contributed by atoms with Gasteiger partial charge in [0.25, 0.3) is 0 Å². The zero-order valence-electron chi connectivity index (χ0n) is 8.63. The first-order chi connectivity index (χ1) is 8.16. The van der Waals surface area contributed by atoms with Crippen molar-refractivity contribution < 1.29 is 9.31 Å². The Labute approximate surface area is 96.1 Å². The molecule has 17 heavy (non-hydrogen) atoms. The zero-order chi connectivity index (χ0) is 12.3. The Kier molecular flexibility index (Phi) is 2.95. The minimum Gasteiger partial charge on any atom is -0.355 e. The molecule has 0 saturated heterocycles. The van der Waals surface area contributed by atoms with Crippen LogP contribution in [0.1, 0.15) is 0 Å². The topological polar surface area (TPSA) is 68.1 Å². The van der Waals surface area contributed by atoms with Crippen LogP contribution in [0.2, 0.25) is 0 Å². The van der Waals surface area contributed by atoms with Crippen molar-refractivity contribution in [3.8, 4) is 0 Å². The normalized spacial score (nSPS) is 9.94. The van der Waals surface area contributed by atoms with Crippen LogP contribution in [0, 0.1) is 15.9 Å². The molecule has 0 bridgehead atoms. The van der Waals surface area contributed by atoms with E-state index in [1.54, 1.807) is 24.5 Å². The number of hydrogen-bond acceptors (Lipinski definition) is 4. The Balaban J connectivity index is 2.29. The van der Waals surface area contributed by atoms with Gasteiger partial charge in [-0.2, -0.15) is 4.39 Å². The summed E-state index contributed by atoms with van der Waals surface area (Å²) in [5.41, 5.74) is 0.620. The largest absolute Gasteiger partial charge is 0.355 e. The number of anilines is 2. The third kappa shape index (κ3) is 2.54. The zero-order valence-corrected chi connectivity index (χ0v) is 8.63. The lowest BCUT2D eigenvalue weighted by Gasteiger charge is -2.05. The van der Waals surface area contributed by atoms with Crippen molar-refractivity contribution >= 4 is 17.1 Å². The monoisotopic (exact) mass is 233 g/mol. The molecule has 2 rings (SSSR count). The second kappa shape index (κ2) is 4.56. The maximum atomic E-state index is 13.1. The summed E-state index contributed by atoms with van der Waals surface area (Å²) in [7, 11) is 0. The fraction of sp³-hybridized carbons (Fsp3) is 0. The van der Waals surface area contributed by atoms with E-state index in [-0.39, 0.29) is 0 Å². The van der Waals surface area contributed by atoms with E-state index in [1.165, 1.54) is 6.07 Å². The highest BCUT2D eigenvalue weighted by Gasteiger charge is 2.14. The van der Waals surface area contributed by atoms with E-state index in [0.717, 1.165) is 17.8 Å². The van der Waals surface area contributed by atoms with Crippen LogP contribution < -0.4 is 5.32 Å². The lowest BCUT2D eigenvalue weighted by molar-refractivity contribution is -0.387. The van der Waals surface area contributed by atoms with Gasteiger partial charge in [0, 0.05) is 29.8 Å². The van der Waals surface area contributed by atoms with E-state index in [2.05, 4.69) is 10.3 Å². The second-order valence-corrected chi connectivity index (χ2v) is 3.28. The third-order valence-corrected chi connectivity index (χ3v) is 2.11. The second-order valence-electron chi connectivity index (χ2n) is 3.28. The maximum absolute atomic E-state index is 13.1. The molecule has 0 aliphatic carbocycles. The first-order valence-electron chi connectivity index (χ1n) is 4.78. The minimum atomic E-state index is -0.852. The van der Waals surface area contributed by atoms with Crippen LogP contribution in [0.5, 0.6) is 0 Å². The average molecular weight is 233 g/mol. The van der Waals surface area contributed by atoms with Gasteiger partial charge in [0.15, 0.2) is 0 Å². The number of hydrogen-bond donors (Lipinski definition) is 1. The van der Waals surface area contributed by atoms with Gasteiger partial charge >= 0.3 is 5.69 Å². The van der Waals surface area contributed by atoms with Gasteiger partial charge < -0.3 is 5.32 Å². The molecule has 0 saturated carbocycles. The summed E-state index contributed by atoms with van der Waals surface area (Å²) >= 11 is 0. The van der Waals surface area contributed by atoms with Crippen LogP contribution in [0.25, 0.3) is 0 Å².